The fourth-order valence-electron chi connectivity index (χ4n) is 3.40. The minimum Gasteiger partial charge on any atom is -0.477 e. The lowest BCUT2D eigenvalue weighted by molar-refractivity contribution is -0.130. The Hall–Kier alpha value is -2.87. The van der Waals surface area contributed by atoms with E-state index in [1.807, 2.05) is 17.6 Å². The first-order valence-corrected chi connectivity index (χ1v) is 8.85. The Balaban J connectivity index is 1.85. The number of carbonyl (C=O) groups excluding carboxylic acids is 1. The number of hydrogen-bond acceptors (Lipinski definition) is 6. The van der Waals surface area contributed by atoms with E-state index < -0.39 is 11.4 Å². The van der Waals surface area contributed by atoms with Crippen molar-refractivity contribution in [3.63, 3.8) is 0 Å². The summed E-state index contributed by atoms with van der Waals surface area (Å²) in [6.07, 6.45) is 3.18. The Morgan fingerprint density at radius 3 is 2.93 bits per heavy atom. The molecule has 1 atom stereocenters. The van der Waals surface area contributed by atoms with Crippen molar-refractivity contribution in [2.45, 2.75) is 25.8 Å². The van der Waals surface area contributed by atoms with Gasteiger partial charge in [0.25, 0.3) is 6.47 Å². The number of aromatic nitrogens is 1. The molecule has 0 aliphatic carbocycles. The molecule has 1 aromatic heterocycles. The van der Waals surface area contributed by atoms with Crippen molar-refractivity contribution < 1.29 is 24.2 Å². The molecule has 2 N–H and O–H groups in total. The highest BCUT2D eigenvalue weighted by Gasteiger charge is 2.23. The summed E-state index contributed by atoms with van der Waals surface area (Å²) in [4.78, 5) is 34.2. The van der Waals surface area contributed by atoms with Gasteiger partial charge in [0.2, 0.25) is 5.43 Å². The maximum atomic E-state index is 12.7. The van der Waals surface area contributed by atoms with Crippen LogP contribution >= 0.6 is 0 Å². The van der Waals surface area contributed by atoms with Crippen molar-refractivity contribution in [3.8, 4) is 0 Å². The molecule has 0 saturated heterocycles. The van der Waals surface area contributed by atoms with Gasteiger partial charge in [-0.3, -0.25) is 9.59 Å². The Morgan fingerprint density at radius 2 is 2.19 bits per heavy atom. The maximum Gasteiger partial charge on any atom is 0.341 e. The van der Waals surface area contributed by atoms with E-state index in [0.29, 0.717) is 31.6 Å². The second kappa shape index (κ2) is 8.22. The molecular formula is C19H22N2O6. The van der Waals surface area contributed by atoms with Crippen LogP contribution < -0.4 is 10.7 Å². The number of benzene rings is 1. The molecule has 0 fully saturated rings. The van der Waals surface area contributed by atoms with Gasteiger partial charge in [0.05, 0.1) is 18.7 Å². The number of ether oxygens (including phenoxy) is 2. The van der Waals surface area contributed by atoms with Gasteiger partial charge in [-0.2, -0.15) is 0 Å². The smallest absolute Gasteiger partial charge is 0.341 e. The SMILES string of the molecule is CC1CCc2cc(NCCOCCOC=O)cc3c(=O)c(C(=O)O)cn1c23. The van der Waals surface area contributed by atoms with Crippen LogP contribution in [0.5, 0.6) is 0 Å². The number of pyridine rings is 1. The van der Waals surface area contributed by atoms with Crippen molar-refractivity contribution in [2.75, 3.05) is 31.7 Å². The molecule has 144 valence electrons. The fourth-order valence-corrected chi connectivity index (χ4v) is 3.40. The maximum absolute atomic E-state index is 12.7. The van der Waals surface area contributed by atoms with Crippen LogP contribution in [0.25, 0.3) is 10.9 Å². The number of carboxylic acids is 1. The second-order valence-corrected chi connectivity index (χ2v) is 6.51. The summed E-state index contributed by atoms with van der Waals surface area (Å²) in [7, 11) is 0. The molecule has 0 amide bonds. The van der Waals surface area contributed by atoms with Gasteiger partial charge in [-0.05, 0) is 37.5 Å². The molecule has 27 heavy (non-hydrogen) atoms. The molecule has 0 radical (unpaired) electrons. The molecule has 3 rings (SSSR count). The van der Waals surface area contributed by atoms with Gasteiger partial charge in [0.15, 0.2) is 0 Å². The first kappa shape index (κ1) is 18.9. The summed E-state index contributed by atoms with van der Waals surface area (Å²) in [5.74, 6) is -1.21. The molecular weight excluding hydrogens is 352 g/mol. The van der Waals surface area contributed by atoms with Crippen LogP contribution in [0.3, 0.4) is 0 Å². The molecule has 1 unspecified atom stereocenters. The van der Waals surface area contributed by atoms with E-state index in [0.717, 1.165) is 29.6 Å². The van der Waals surface area contributed by atoms with Gasteiger partial charge in [0, 0.05) is 29.9 Å². The third-order valence-electron chi connectivity index (χ3n) is 4.73. The molecule has 8 heteroatoms. The van der Waals surface area contributed by atoms with E-state index in [1.165, 1.54) is 6.20 Å². The number of rotatable bonds is 9. The molecule has 0 spiro atoms. The zero-order valence-corrected chi connectivity index (χ0v) is 15.1. The summed E-state index contributed by atoms with van der Waals surface area (Å²) in [5.41, 5.74) is 1.93. The lowest BCUT2D eigenvalue weighted by atomic mass is 9.95. The summed E-state index contributed by atoms with van der Waals surface area (Å²) in [6, 6.07) is 3.84. The molecule has 1 aliphatic heterocycles. The van der Waals surface area contributed by atoms with Crippen molar-refractivity contribution in [1.82, 2.24) is 4.57 Å². The average Bonchev–Trinajstić information content (AvgIpc) is 2.65. The summed E-state index contributed by atoms with van der Waals surface area (Å²) < 4.78 is 11.8. The normalized spacial score (nSPS) is 15.5. The number of aromatic carboxylic acids is 1. The van der Waals surface area contributed by atoms with E-state index in [9.17, 15) is 19.5 Å². The molecule has 0 bridgehead atoms. The zero-order chi connectivity index (χ0) is 19.4. The number of nitrogens with one attached hydrogen (secondary N) is 1. The first-order chi connectivity index (χ1) is 13.0. The quantitative estimate of drug-likeness (QED) is 0.509. The van der Waals surface area contributed by atoms with Crippen LogP contribution in [-0.4, -0.2) is 48.5 Å². The molecule has 8 nitrogen and oxygen atoms in total. The van der Waals surface area contributed by atoms with E-state index in [1.54, 1.807) is 6.07 Å². The first-order valence-electron chi connectivity index (χ1n) is 8.85. The second-order valence-electron chi connectivity index (χ2n) is 6.51. The van der Waals surface area contributed by atoms with Gasteiger partial charge in [-0.25, -0.2) is 4.79 Å². The molecule has 1 aliphatic rings. The van der Waals surface area contributed by atoms with Gasteiger partial charge < -0.3 is 24.5 Å². The van der Waals surface area contributed by atoms with Crippen molar-refractivity contribution in [3.05, 3.63) is 39.7 Å². The van der Waals surface area contributed by atoms with Gasteiger partial charge in [-0.15, -0.1) is 0 Å². The van der Waals surface area contributed by atoms with Gasteiger partial charge >= 0.3 is 5.97 Å². The van der Waals surface area contributed by atoms with Gasteiger partial charge in [0.1, 0.15) is 12.2 Å². The van der Waals surface area contributed by atoms with E-state index in [2.05, 4.69) is 10.1 Å². The summed E-state index contributed by atoms with van der Waals surface area (Å²) in [6.45, 7) is 3.84. The molecule has 1 aromatic carbocycles. The number of carboxylic acid groups (broad SMARTS) is 1. The van der Waals surface area contributed by atoms with Crippen molar-refractivity contribution >= 4 is 29.0 Å². The third kappa shape index (κ3) is 3.95. The average molecular weight is 374 g/mol. The largest absolute Gasteiger partial charge is 0.477 e. The van der Waals surface area contributed by atoms with Crippen LogP contribution in [0.1, 0.15) is 35.3 Å². The lowest BCUT2D eigenvalue weighted by Crippen LogP contribution is -2.24. The highest BCUT2D eigenvalue weighted by molar-refractivity contribution is 5.95. The van der Waals surface area contributed by atoms with Crippen LogP contribution in [0.4, 0.5) is 5.69 Å². The third-order valence-corrected chi connectivity index (χ3v) is 4.73. The van der Waals surface area contributed by atoms with Gasteiger partial charge in [-0.1, -0.05) is 0 Å². The standard InChI is InChI=1S/C19H22N2O6/c1-12-2-3-13-8-14(20-4-5-26-6-7-27-11-22)9-15-17(13)21(12)10-16(18(15)23)19(24)25/h8-12,20H,2-7H2,1H3,(H,24,25). The van der Waals surface area contributed by atoms with Crippen molar-refractivity contribution in [1.29, 1.82) is 0 Å². The minimum atomic E-state index is -1.21. The highest BCUT2D eigenvalue weighted by atomic mass is 16.5. The predicted octanol–water partition coefficient (Wildman–Crippen LogP) is 1.81. The van der Waals surface area contributed by atoms with Crippen LogP contribution in [0.15, 0.2) is 23.1 Å². The van der Waals surface area contributed by atoms with Crippen molar-refractivity contribution in [2.24, 2.45) is 0 Å². The predicted molar refractivity (Wildman–Crippen MR) is 99.5 cm³/mol. The molecule has 2 heterocycles. The number of anilines is 1. The number of hydrogen-bond donors (Lipinski definition) is 2. The molecule has 0 saturated carbocycles. The zero-order valence-electron chi connectivity index (χ0n) is 15.1. The summed E-state index contributed by atoms with van der Waals surface area (Å²) in [5, 5.41) is 13.0. The van der Waals surface area contributed by atoms with E-state index >= 15 is 0 Å². The van der Waals surface area contributed by atoms with Crippen LogP contribution in [0.2, 0.25) is 0 Å². The number of carbonyl (C=O) groups is 2. The summed E-state index contributed by atoms with van der Waals surface area (Å²) >= 11 is 0. The minimum absolute atomic E-state index is 0.138. The highest BCUT2D eigenvalue weighted by Crippen LogP contribution is 2.32. The lowest BCUT2D eigenvalue weighted by Gasteiger charge is -2.27. The number of aryl methyl sites for hydroxylation is 1. The Bertz CT molecular complexity index is 921. The Labute approximate surface area is 155 Å². The van der Waals surface area contributed by atoms with Crippen LogP contribution in [0, 0.1) is 0 Å². The monoisotopic (exact) mass is 374 g/mol. The van der Waals surface area contributed by atoms with E-state index in [4.69, 9.17) is 4.74 Å². The number of nitrogens with zero attached hydrogens (tertiary/aromatic N) is 1. The van der Waals surface area contributed by atoms with Crippen LogP contribution in [-0.2, 0) is 20.7 Å². The Kier molecular flexibility index (Phi) is 5.75. The Morgan fingerprint density at radius 1 is 1.37 bits per heavy atom. The fraction of sp³-hybridized carbons (Fsp3) is 0.421. The molecule has 2 aromatic rings. The topological polar surface area (TPSA) is 107 Å². The van der Waals surface area contributed by atoms with E-state index in [-0.39, 0.29) is 18.2 Å².